The Kier molecular flexibility index (Phi) is 6.49. The quantitative estimate of drug-likeness (QED) is 0.666. The number of rotatable bonds is 6. The van der Waals surface area contributed by atoms with Gasteiger partial charge in [0, 0.05) is 45.3 Å². The molecule has 3 amide bonds. The summed E-state index contributed by atoms with van der Waals surface area (Å²) in [6.45, 7) is 8.52. The maximum absolute atomic E-state index is 12.6. The fourth-order valence-electron chi connectivity index (χ4n) is 4.82. The topological polar surface area (TPSA) is 64.2 Å². The van der Waals surface area contributed by atoms with Gasteiger partial charge in [-0.2, -0.15) is 0 Å². The third-order valence-electron chi connectivity index (χ3n) is 6.68. The summed E-state index contributed by atoms with van der Waals surface area (Å²) >= 11 is 0. The highest BCUT2D eigenvalue weighted by molar-refractivity contribution is 6.21. The molecule has 1 unspecified atom stereocenters. The summed E-state index contributed by atoms with van der Waals surface area (Å²) in [4.78, 5) is 45.6. The molecule has 1 atom stereocenters. The molecule has 7 nitrogen and oxygen atoms in total. The summed E-state index contributed by atoms with van der Waals surface area (Å²) in [7, 11) is 0. The molecule has 0 bridgehead atoms. The van der Waals surface area contributed by atoms with E-state index in [1.165, 1.54) is 11.3 Å². The van der Waals surface area contributed by atoms with E-state index in [0.717, 1.165) is 58.5 Å². The molecule has 30 heavy (non-hydrogen) atoms. The lowest BCUT2D eigenvalue weighted by Gasteiger charge is -2.38. The van der Waals surface area contributed by atoms with Crippen LogP contribution in [0.5, 0.6) is 0 Å². The van der Waals surface area contributed by atoms with Crippen LogP contribution in [0.3, 0.4) is 0 Å². The summed E-state index contributed by atoms with van der Waals surface area (Å²) in [5.41, 5.74) is 1.03. The van der Waals surface area contributed by atoms with Crippen LogP contribution < -0.4 is 0 Å². The first kappa shape index (κ1) is 21.0. The first-order valence-corrected chi connectivity index (χ1v) is 11.2. The van der Waals surface area contributed by atoms with Gasteiger partial charge in [-0.05, 0) is 51.3 Å². The summed E-state index contributed by atoms with van der Waals surface area (Å²) in [5, 5.41) is 0. The number of likely N-dealkylation sites (tertiary alicyclic amines) is 1. The molecular weight excluding hydrogens is 380 g/mol. The van der Waals surface area contributed by atoms with Crippen molar-refractivity contribution in [2.24, 2.45) is 0 Å². The van der Waals surface area contributed by atoms with Crippen molar-refractivity contribution in [3.63, 3.8) is 0 Å². The summed E-state index contributed by atoms with van der Waals surface area (Å²) in [6, 6.07) is 7.41. The normalized spacial score (nSPS) is 23.2. The molecule has 1 aromatic rings. The van der Waals surface area contributed by atoms with E-state index in [9.17, 15) is 14.4 Å². The number of piperidine rings is 1. The van der Waals surface area contributed by atoms with Crippen LogP contribution >= 0.6 is 0 Å². The number of carbonyl (C=O) groups excluding carboxylic acids is 3. The molecule has 1 aromatic carbocycles. The van der Waals surface area contributed by atoms with Gasteiger partial charge in [-0.3, -0.25) is 24.2 Å². The number of piperazine rings is 1. The van der Waals surface area contributed by atoms with Gasteiger partial charge >= 0.3 is 0 Å². The predicted molar refractivity (Wildman–Crippen MR) is 114 cm³/mol. The van der Waals surface area contributed by atoms with Crippen molar-refractivity contribution >= 4 is 17.7 Å². The molecule has 0 N–H and O–H groups in total. The number of fused-ring (bicyclic) bond motifs is 1. The zero-order valence-corrected chi connectivity index (χ0v) is 17.9. The van der Waals surface area contributed by atoms with E-state index in [0.29, 0.717) is 30.3 Å². The van der Waals surface area contributed by atoms with Crippen LogP contribution in [0.2, 0.25) is 0 Å². The molecule has 0 radical (unpaired) electrons. The molecule has 3 aliphatic rings. The van der Waals surface area contributed by atoms with E-state index in [1.807, 2.05) is 0 Å². The zero-order chi connectivity index (χ0) is 21.1. The fraction of sp³-hybridized carbons (Fsp3) is 0.609. The Morgan fingerprint density at radius 2 is 1.53 bits per heavy atom. The molecule has 7 heteroatoms. The van der Waals surface area contributed by atoms with E-state index in [2.05, 4.69) is 21.6 Å². The van der Waals surface area contributed by atoms with E-state index in [1.54, 1.807) is 24.3 Å². The van der Waals surface area contributed by atoms with Gasteiger partial charge in [0.05, 0.1) is 17.7 Å². The van der Waals surface area contributed by atoms with Crippen molar-refractivity contribution in [2.45, 2.75) is 38.6 Å². The SMILES string of the molecule is CC1CCCCN1C(=O)CN1CCN(CCCN2C(=O)c3ccccc3C2=O)CC1. The second-order valence-corrected chi connectivity index (χ2v) is 8.71. The number of amides is 3. The van der Waals surface area contributed by atoms with Crippen molar-refractivity contribution in [3.05, 3.63) is 35.4 Å². The van der Waals surface area contributed by atoms with Gasteiger partial charge < -0.3 is 9.80 Å². The third kappa shape index (κ3) is 4.42. The highest BCUT2D eigenvalue weighted by Gasteiger charge is 2.34. The van der Waals surface area contributed by atoms with Crippen LogP contribution in [0.1, 0.15) is 53.3 Å². The highest BCUT2D eigenvalue weighted by atomic mass is 16.2. The van der Waals surface area contributed by atoms with E-state index >= 15 is 0 Å². The maximum atomic E-state index is 12.6. The molecule has 2 fully saturated rings. The van der Waals surface area contributed by atoms with Gasteiger partial charge in [0.1, 0.15) is 0 Å². The number of carbonyl (C=O) groups is 3. The van der Waals surface area contributed by atoms with Crippen molar-refractivity contribution in [1.29, 1.82) is 0 Å². The monoisotopic (exact) mass is 412 g/mol. The minimum absolute atomic E-state index is 0.175. The lowest BCUT2D eigenvalue weighted by Crippen LogP contribution is -2.52. The molecule has 0 spiro atoms. The number of benzene rings is 1. The highest BCUT2D eigenvalue weighted by Crippen LogP contribution is 2.22. The number of nitrogens with zero attached hydrogens (tertiary/aromatic N) is 4. The summed E-state index contributed by atoms with van der Waals surface area (Å²) in [5.74, 6) is -0.0852. The van der Waals surface area contributed by atoms with Gasteiger partial charge in [-0.1, -0.05) is 12.1 Å². The minimum atomic E-state index is -0.175. The number of hydrogen-bond donors (Lipinski definition) is 0. The van der Waals surface area contributed by atoms with Gasteiger partial charge in [-0.25, -0.2) is 0 Å². The van der Waals surface area contributed by atoms with Crippen molar-refractivity contribution in [1.82, 2.24) is 19.6 Å². The Hall–Kier alpha value is -2.25. The standard InChI is InChI=1S/C23H32N4O3/c1-18-7-4-5-11-26(18)21(28)17-25-15-13-24(14-16-25)10-6-12-27-22(29)19-8-2-3-9-20(19)23(27)30/h2-3,8-9,18H,4-7,10-17H2,1H3. The van der Waals surface area contributed by atoms with E-state index in [4.69, 9.17) is 0 Å². The minimum Gasteiger partial charge on any atom is -0.339 e. The Balaban J connectivity index is 1.18. The Morgan fingerprint density at radius 1 is 0.900 bits per heavy atom. The number of hydrogen-bond acceptors (Lipinski definition) is 5. The molecule has 0 aliphatic carbocycles. The first-order chi connectivity index (χ1) is 14.5. The molecule has 0 saturated carbocycles. The van der Waals surface area contributed by atoms with E-state index < -0.39 is 0 Å². The molecule has 4 rings (SSSR count). The van der Waals surface area contributed by atoms with Crippen LogP contribution in [0.25, 0.3) is 0 Å². The van der Waals surface area contributed by atoms with Crippen LogP contribution in [0.15, 0.2) is 24.3 Å². The van der Waals surface area contributed by atoms with Gasteiger partial charge in [-0.15, -0.1) is 0 Å². The fourth-order valence-corrected chi connectivity index (χ4v) is 4.82. The van der Waals surface area contributed by atoms with Gasteiger partial charge in [0.25, 0.3) is 11.8 Å². The molecule has 3 aliphatic heterocycles. The van der Waals surface area contributed by atoms with Gasteiger partial charge in [0.2, 0.25) is 5.91 Å². The molecule has 0 aromatic heterocycles. The van der Waals surface area contributed by atoms with Crippen molar-refractivity contribution < 1.29 is 14.4 Å². The molecule has 162 valence electrons. The third-order valence-corrected chi connectivity index (χ3v) is 6.68. The summed E-state index contributed by atoms with van der Waals surface area (Å²) < 4.78 is 0. The first-order valence-electron chi connectivity index (χ1n) is 11.2. The van der Waals surface area contributed by atoms with Crippen LogP contribution in [-0.4, -0.2) is 95.7 Å². The average Bonchev–Trinajstić information content (AvgIpc) is 3.00. The predicted octanol–water partition coefficient (Wildman–Crippen LogP) is 1.69. The molecule has 2 saturated heterocycles. The largest absolute Gasteiger partial charge is 0.339 e. The lowest BCUT2D eigenvalue weighted by molar-refractivity contribution is -0.136. The second kappa shape index (κ2) is 9.27. The Bertz CT molecular complexity index is 768. The van der Waals surface area contributed by atoms with Crippen LogP contribution in [-0.2, 0) is 4.79 Å². The molecule has 3 heterocycles. The lowest BCUT2D eigenvalue weighted by atomic mass is 10.0. The van der Waals surface area contributed by atoms with Crippen molar-refractivity contribution in [3.8, 4) is 0 Å². The average molecular weight is 413 g/mol. The molecular formula is C23H32N4O3. The number of imide groups is 1. The maximum Gasteiger partial charge on any atom is 0.261 e. The second-order valence-electron chi connectivity index (χ2n) is 8.71. The summed E-state index contributed by atoms with van der Waals surface area (Å²) in [6.07, 6.45) is 4.24. The van der Waals surface area contributed by atoms with Gasteiger partial charge in [0.15, 0.2) is 0 Å². The van der Waals surface area contributed by atoms with E-state index in [-0.39, 0.29) is 17.7 Å². The van der Waals surface area contributed by atoms with Crippen LogP contribution in [0.4, 0.5) is 0 Å². The Morgan fingerprint density at radius 3 is 2.17 bits per heavy atom. The van der Waals surface area contributed by atoms with Crippen molar-refractivity contribution in [2.75, 3.05) is 52.4 Å². The van der Waals surface area contributed by atoms with Crippen LogP contribution in [0, 0.1) is 0 Å². The smallest absolute Gasteiger partial charge is 0.261 e. The zero-order valence-electron chi connectivity index (χ0n) is 17.9. The Labute approximate surface area is 178 Å².